The summed E-state index contributed by atoms with van der Waals surface area (Å²) in [6, 6.07) is 0. The Morgan fingerprint density at radius 2 is 2.09 bits per heavy atom. The topological polar surface area (TPSA) is 55.8 Å². The fraction of sp³-hybridized carbons (Fsp3) is 0.882. The van der Waals surface area contributed by atoms with Gasteiger partial charge in [-0.3, -0.25) is 4.79 Å². The van der Waals surface area contributed by atoms with Crippen molar-refractivity contribution in [2.24, 2.45) is 16.7 Å². The fourth-order valence-electron chi connectivity index (χ4n) is 4.42. The first kappa shape index (κ1) is 15.8. The molecule has 1 aliphatic carbocycles. The summed E-state index contributed by atoms with van der Waals surface area (Å²) < 4.78 is 11.2. The molecule has 3 unspecified atom stereocenters. The Labute approximate surface area is 132 Å². The second-order valence-electron chi connectivity index (χ2n) is 8.04. The molecular weight excluding hydrogens is 282 g/mol. The van der Waals surface area contributed by atoms with Crippen molar-refractivity contribution in [3.05, 3.63) is 0 Å². The lowest BCUT2D eigenvalue weighted by Gasteiger charge is -2.35. The quantitative estimate of drug-likeness (QED) is 0.746. The van der Waals surface area contributed by atoms with Gasteiger partial charge in [-0.05, 0) is 46.2 Å². The maximum atomic E-state index is 12.7. The highest BCUT2D eigenvalue weighted by atomic mass is 16.6. The summed E-state index contributed by atoms with van der Waals surface area (Å²) >= 11 is 0. The van der Waals surface area contributed by atoms with Crippen LogP contribution in [0.25, 0.3) is 0 Å². The van der Waals surface area contributed by atoms with Crippen molar-refractivity contribution < 1.29 is 19.1 Å². The molecule has 5 heteroatoms. The number of rotatable bonds is 3. The SMILES string of the molecule is CN1CCCC(COC(=O)C23CCC(C)(C(=O)O2)C3(C)C)C1. The van der Waals surface area contributed by atoms with Gasteiger partial charge in [0.05, 0.1) is 12.0 Å². The van der Waals surface area contributed by atoms with Crippen molar-refractivity contribution in [1.29, 1.82) is 0 Å². The summed E-state index contributed by atoms with van der Waals surface area (Å²) in [4.78, 5) is 27.2. The van der Waals surface area contributed by atoms with Gasteiger partial charge in [0.2, 0.25) is 5.60 Å². The molecule has 124 valence electrons. The maximum absolute atomic E-state index is 12.7. The van der Waals surface area contributed by atoms with Gasteiger partial charge in [-0.15, -0.1) is 0 Å². The molecule has 22 heavy (non-hydrogen) atoms. The van der Waals surface area contributed by atoms with Crippen molar-refractivity contribution in [3.63, 3.8) is 0 Å². The summed E-state index contributed by atoms with van der Waals surface area (Å²) in [5.74, 6) is -0.217. The van der Waals surface area contributed by atoms with Crippen LogP contribution in [0.5, 0.6) is 0 Å². The molecule has 0 aromatic carbocycles. The van der Waals surface area contributed by atoms with Gasteiger partial charge in [0, 0.05) is 17.9 Å². The van der Waals surface area contributed by atoms with E-state index in [4.69, 9.17) is 9.47 Å². The zero-order chi connectivity index (χ0) is 16.2. The molecule has 2 saturated heterocycles. The summed E-state index contributed by atoms with van der Waals surface area (Å²) in [6.07, 6.45) is 3.50. The number of ether oxygens (including phenoxy) is 2. The first-order chi connectivity index (χ1) is 10.2. The number of hydrogen-bond acceptors (Lipinski definition) is 5. The average Bonchev–Trinajstić information content (AvgIpc) is 2.75. The third-order valence-electron chi connectivity index (χ3n) is 6.59. The van der Waals surface area contributed by atoms with Gasteiger partial charge in [0.1, 0.15) is 0 Å². The van der Waals surface area contributed by atoms with Crippen molar-refractivity contribution in [2.75, 3.05) is 26.7 Å². The lowest BCUT2D eigenvalue weighted by atomic mass is 9.66. The van der Waals surface area contributed by atoms with Crippen molar-refractivity contribution in [2.45, 2.75) is 52.1 Å². The fourth-order valence-corrected chi connectivity index (χ4v) is 4.42. The molecule has 3 aliphatic rings. The Kier molecular flexibility index (Phi) is 3.55. The molecule has 2 bridgehead atoms. The van der Waals surface area contributed by atoms with E-state index in [9.17, 15) is 9.59 Å². The van der Waals surface area contributed by atoms with Gasteiger partial charge in [-0.25, -0.2) is 4.79 Å². The molecule has 1 saturated carbocycles. The molecule has 3 fully saturated rings. The van der Waals surface area contributed by atoms with Crippen LogP contribution in [0.3, 0.4) is 0 Å². The molecule has 2 heterocycles. The number of carbonyl (C=O) groups excluding carboxylic acids is 2. The number of likely N-dealkylation sites (tertiary alicyclic amines) is 1. The average molecular weight is 309 g/mol. The Balaban J connectivity index is 1.69. The number of fused-ring (bicyclic) bond motifs is 2. The third-order valence-corrected chi connectivity index (χ3v) is 6.59. The first-order valence-corrected chi connectivity index (χ1v) is 8.32. The van der Waals surface area contributed by atoms with E-state index in [1.54, 1.807) is 0 Å². The molecule has 0 radical (unpaired) electrons. The zero-order valence-electron chi connectivity index (χ0n) is 14.1. The predicted octanol–water partition coefficient (Wildman–Crippen LogP) is 1.99. The minimum Gasteiger partial charge on any atom is -0.462 e. The zero-order valence-corrected chi connectivity index (χ0v) is 14.1. The number of carbonyl (C=O) groups is 2. The van der Waals surface area contributed by atoms with Crippen molar-refractivity contribution in [1.82, 2.24) is 4.90 Å². The van der Waals surface area contributed by atoms with Crippen LogP contribution in [0.4, 0.5) is 0 Å². The maximum Gasteiger partial charge on any atom is 0.351 e. The molecule has 5 nitrogen and oxygen atoms in total. The summed E-state index contributed by atoms with van der Waals surface area (Å²) in [7, 11) is 2.09. The normalized spacial score (nSPS) is 40.5. The van der Waals surface area contributed by atoms with Gasteiger partial charge in [0.15, 0.2) is 0 Å². The van der Waals surface area contributed by atoms with E-state index in [1.807, 2.05) is 20.8 Å². The highest BCUT2D eigenvalue weighted by Gasteiger charge is 2.76. The molecule has 2 aliphatic heterocycles. The van der Waals surface area contributed by atoms with Crippen molar-refractivity contribution in [3.8, 4) is 0 Å². The molecule has 0 aromatic heterocycles. The summed E-state index contributed by atoms with van der Waals surface area (Å²) in [5, 5.41) is 0. The highest BCUT2D eigenvalue weighted by molar-refractivity contribution is 5.93. The first-order valence-electron chi connectivity index (χ1n) is 8.32. The Bertz CT molecular complexity index is 503. The third kappa shape index (κ3) is 1.94. The smallest absolute Gasteiger partial charge is 0.351 e. The van der Waals surface area contributed by atoms with Crippen LogP contribution in [0.15, 0.2) is 0 Å². The van der Waals surface area contributed by atoms with Crippen LogP contribution in [0, 0.1) is 16.7 Å². The Hall–Kier alpha value is -1.10. The molecule has 3 rings (SSSR count). The standard InChI is InChI=1S/C17H27NO4/c1-15(2)16(3)7-8-17(15,22-13(16)19)14(20)21-11-12-6-5-9-18(4)10-12/h12H,5-11H2,1-4H3. The van der Waals surface area contributed by atoms with E-state index in [-0.39, 0.29) is 11.9 Å². The number of piperidine rings is 1. The van der Waals surface area contributed by atoms with E-state index in [0.717, 1.165) is 25.9 Å². The van der Waals surface area contributed by atoms with Crippen LogP contribution in [-0.4, -0.2) is 49.2 Å². The summed E-state index contributed by atoms with van der Waals surface area (Å²) in [6.45, 7) is 8.32. The van der Waals surface area contributed by atoms with Gasteiger partial charge in [0.25, 0.3) is 0 Å². The van der Waals surface area contributed by atoms with E-state index < -0.39 is 16.4 Å². The van der Waals surface area contributed by atoms with E-state index in [1.165, 1.54) is 0 Å². The number of esters is 2. The summed E-state index contributed by atoms with van der Waals surface area (Å²) in [5.41, 5.74) is -2.17. The molecule has 0 amide bonds. The highest BCUT2D eigenvalue weighted by Crippen LogP contribution is 2.65. The molecular formula is C17H27NO4. The minimum absolute atomic E-state index is 0.252. The number of hydrogen-bond donors (Lipinski definition) is 0. The number of nitrogens with zero attached hydrogens (tertiary/aromatic N) is 1. The molecule has 3 atom stereocenters. The van der Waals surface area contributed by atoms with Crippen LogP contribution in [0.2, 0.25) is 0 Å². The van der Waals surface area contributed by atoms with Crippen molar-refractivity contribution >= 4 is 11.9 Å². The monoisotopic (exact) mass is 309 g/mol. The van der Waals surface area contributed by atoms with Crippen LogP contribution >= 0.6 is 0 Å². The molecule has 0 spiro atoms. The van der Waals surface area contributed by atoms with E-state index >= 15 is 0 Å². The Morgan fingerprint density at radius 3 is 2.64 bits per heavy atom. The van der Waals surface area contributed by atoms with Crippen LogP contribution in [-0.2, 0) is 19.1 Å². The molecule has 0 aromatic rings. The lowest BCUT2D eigenvalue weighted by molar-refractivity contribution is -0.184. The minimum atomic E-state index is -1.08. The van der Waals surface area contributed by atoms with E-state index in [2.05, 4.69) is 11.9 Å². The van der Waals surface area contributed by atoms with Crippen LogP contribution < -0.4 is 0 Å². The lowest BCUT2D eigenvalue weighted by Crippen LogP contribution is -2.49. The molecule has 0 N–H and O–H groups in total. The largest absolute Gasteiger partial charge is 0.462 e. The van der Waals surface area contributed by atoms with Gasteiger partial charge >= 0.3 is 11.9 Å². The second-order valence-corrected chi connectivity index (χ2v) is 8.04. The van der Waals surface area contributed by atoms with Crippen LogP contribution in [0.1, 0.15) is 46.5 Å². The van der Waals surface area contributed by atoms with E-state index in [0.29, 0.717) is 25.4 Å². The second kappa shape index (κ2) is 4.95. The van der Waals surface area contributed by atoms with Gasteiger partial charge < -0.3 is 14.4 Å². The van der Waals surface area contributed by atoms with Gasteiger partial charge in [-0.2, -0.15) is 0 Å². The van der Waals surface area contributed by atoms with Gasteiger partial charge in [-0.1, -0.05) is 13.8 Å². The Morgan fingerprint density at radius 1 is 1.36 bits per heavy atom. The predicted molar refractivity (Wildman–Crippen MR) is 81.1 cm³/mol.